The van der Waals surface area contributed by atoms with Gasteiger partial charge in [-0.25, -0.2) is 9.59 Å². The minimum atomic E-state index is -1.41. The monoisotopic (exact) mass is 287 g/mol. The Balaban J connectivity index is 2.62. The fourth-order valence-electron chi connectivity index (χ4n) is 2.40. The normalized spacial score (nSPS) is 23.7. The lowest BCUT2D eigenvalue weighted by Crippen LogP contribution is -2.48. The van der Waals surface area contributed by atoms with Crippen LogP contribution in [0.1, 0.15) is 13.3 Å². The Labute approximate surface area is 117 Å². The molecular weight excluding hydrogens is 266 g/mol. The summed E-state index contributed by atoms with van der Waals surface area (Å²) in [4.78, 5) is 37.0. The van der Waals surface area contributed by atoms with Gasteiger partial charge >= 0.3 is 18.0 Å². The van der Waals surface area contributed by atoms with Gasteiger partial charge in [-0.1, -0.05) is 6.92 Å². The zero-order valence-corrected chi connectivity index (χ0v) is 11.9. The van der Waals surface area contributed by atoms with E-state index in [0.29, 0.717) is 13.1 Å². The lowest BCUT2D eigenvalue weighted by molar-refractivity contribution is -0.145. The lowest BCUT2D eigenvalue weighted by atomic mass is 10.1. The quantitative estimate of drug-likeness (QED) is 0.629. The van der Waals surface area contributed by atoms with Crippen molar-refractivity contribution < 1.29 is 24.6 Å². The van der Waals surface area contributed by atoms with Crippen LogP contribution in [0.25, 0.3) is 0 Å². The molecule has 114 valence electrons. The van der Waals surface area contributed by atoms with Crippen molar-refractivity contribution in [2.45, 2.75) is 25.4 Å². The Kier molecular flexibility index (Phi) is 5.32. The fraction of sp³-hybridized carbons (Fsp3) is 0.750. The number of nitrogens with zero attached hydrogens (tertiary/aromatic N) is 2. The molecule has 0 aliphatic carbocycles. The van der Waals surface area contributed by atoms with Crippen molar-refractivity contribution in [2.24, 2.45) is 5.92 Å². The summed E-state index contributed by atoms with van der Waals surface area (Å²) in [5.41, 5.74) is 0. The maximum Gasteiger partial charge on any atom is 0.326 e. The molecule has 0 aromatic carbocycles. The number of carbonyl (C=O) groups excluding carboxylic acids is 1. The van der Waals surface area contributed by atoms with Crippen LogP contribution in [0, 0.1) is 5.92 Å². The minimum Gasteiger partial charge on any atom is -0.481 e. The summed E-state index contributed by atoms with van der Waals surface area (Å²) in [6.07, 6.45) is -0.637. The maximum absolute atomic E-state index is 12.0. The third kappa shape index (κ3) is 4.09. The van der Waals surface area contributed by atoms with Crippen LogP contribution in [-0.4, -0.2) is 77.3 Å². The molecule has 20 heavy (non-hydrogen) atoms. The van der Waals surface area contributed by atoms with Crippen molar-refractivity contribution in [1.29, 1.82) is 0 Å². The van der Waals surface area contributed by atoms with Crippen molar-refractivity contribution in [3.63, 3.8) is 0 Å². The number of carboxylic acids is 2. The number of rotatable bonds is 5. The van der Waals surface area contributed by atoms with Crippen LogP contribution in [-0.2, 0) is 9.59 Å². The molecule has 1 rings (SSSR count). The Hall–Kier alpha value is -1.83. The highest BCUT2D eigenvalue weighted by Crippen LogP contribution is 2.19. The maximum atomic E-state index is 12.0. The molecule has 1 fully saturated rings. The van der Waals surface area contributed by atoms with Crippen molar-refractivity contribution in [1.82, 2.24) is 15.1 Å². The van der Waals surface area contributed by atoms with E-state index in [4.69, 9.17) is 10.2 Å². The van der Waals surface area contributed by atoms with E-state index in [-0.39, 0.29) is 12.0 Å². The predicted molar refractivity (Wildman–Crippen MR) is 70.4 cm³/mol. The second kappa shape index (κ2) is 6.56. The Bertz CT molecular complexity index is 399. The highest BCUT2D eigenvalue weighted by molar-refractivity contribution is 5.86. The molecule has 8 nitrogen and oxygen atoms in total. The third-order valence-corrected chi connectivity index (χ3v) is 3.50. The summed E-state index contributed by atoms with van der Waals surface area (Å²) < 4.78 is 0. The molecule has 0 saturated carbocycles. The smallest absolute Gasteiger partial charge is 0.326 e. The van der Waals surface area contributed by atoms with Crippen LogP contribution in [0.5, 0.6) is 0 Å². The molecule has 0 bridgehead atoms. The number of nitrogens with one attached hydrogen (secondary N) is 1. The van der Waals surface area contributed by atoms with Gasteiger partial charge in [0, 0.05) is 19.1 Å². The molecule has 2 unspecified atom stereocenters. The SMILES string of the molecule is CC1CN(C(=O)N[C@@H](CC(=O)O)C(=O)O)CC1N(C)C. The zero-order valence-electron chi connectivity index (χ0n) is 11.9. The number of amides is 2. The van der Waals surface area contributed by atoms with Crippen LogP contribution in [0.15, 0.2) is 0 Å². The molecule has 1 heterocycles. The van der Waals surface area contributed by atoms with Crippen molar-refractivity contribution in [3.8, 4) is 0 Å². The number of urea groups is 1. The number of carboxylic acid groups (broad SMARTS) is 2. The van der Waals surface area contributed by atoms with Crippen molar-refractivity contribution in [3.05, 3.63) is 0 Å². The van der Waals surface area contributed by atoms with Gasteiger partial charge in [-0.05, 0) is 20.0 Å². The van der Waals surface area contributed by atoms with Gasteiger partial charge in [-0.2, -0.15) is 0 Å². The summed E-state index contributed by atoms with van der Waals surface area (Å²) in [7, 11) is 3.85. The van der Waals surface area contributed by atoms with E-state index >= 15 is 0 Å². The topological polar surface area (TPSA) is 110 Å². The van der Waals surface area contributed by atoms with Gasteiger partial charge in [0.1, 0.15) is 6.04 Å². The first-order valence-corrected chi connectivity index (χ1v) is 6.38. The van der Waals surface area contributed by atoms with Crippen LogP contribution in [0.2, 0.25) is 0 Å². The molecule has 0 aromatic heterocycles. The average molecular weight is 287 g/mol. The summed E-state index contributed by atoms with van der Waals surface area (Å²) in [6, 6.07) is -1.73. The molecule has 3 atom stereocenters. The van der Waals surface area contributed by atoms with Gasteiger partial charge < -0.3 is 25.3 Å². The average Bonchev–Trinajstić information content (AvgIpc) is 2.69. The summed E-state index contributed by atoms with van der Waals surface area (Å²) >= 11 is 0. The Morgan fingerprint density at radius 1 is 1.30 bits per heavy atom. The highest BCUT2D eigenvalue weighted by atomic mass is 16.4. The van der Waals surface area contributed by atoms with E-state index < -0.39 is 30.4 Å². The first-order chi connectivity index (χ1) is 9.22. The number of hydrogen-bond acceptors (Lipinski definition) is 4. The van der Waals surface area contributed by atoms with E-state index in [1.165, 1.54) is 4.90 Å². The number of hydrogen-bond donors (Lipinski definition) is 3. The molecule has 0 spiro atoms. The number of carbonyl (C=O) groups is 3. The Morgan fingerprint density at radius 3 is 2.30 bits per heavy atom. The second-order valence-corrected chi connectivity index (χ2v) is 5.35. The van der Waals surface area contributed by atoms with E-state index in [0.717, 1.165) is 0 Å². The zero-order chi connectivity index (χ0) is 15.4. The molecule has 1 saturated heterocycles. The molecule has 1 aliphatic heterocycles. The summed E-state index contributed by atoms with van der Waals surface area (Å²) in [5, 5.41) is 19.8. The molecule has 8 heteroatoms. The van der Waals surface area contributed by atoms with E-state index in [1.807, 2.05) is 25.9 Å². The first-order valence-electron chi connectivity index (χ1n) is 6.38. The Morgan fingerprint density at radius 2 is 1.90 bits per heavy atom. The van der Waals surface area contributed by atoms with Gasteiger partial charge in [-0.15, -0.1) is 0 Å². The molecule has 2 amide bonds. The first kappa shape index (κ1) is 16.2. The van der Waals surface area contributed by atoms with Crippen LogP contribution >= 0.6 is 0 Å². The van der Waals surface area contributed by atoms with Gasteiger partial charge in [0.05, 0.1) is 6.42 Å². The van der Waals surface area contributed by atoms with Crippen molar-refractivity contribution >= 4 is 18.0 Å². The van der Waals surface area contributed by atoms with Gasteiger partial charge in [-0.3, -0.25) is 4.79 Å². The van der Waals surface area contributed by atoms with E-state index in [2.05, 4.69) is 5.32 Å². The van der Waals surface area contributed by atoms with Gasteiger partial charge in [0.25, 0.3) is 0 Å². The van der Waals surface area contributed by atoms with E-state index in [1.54, 1.807) is 0 Å². The molecule has 0 radical (unpaired) electrons. The van der Waals surface area contributed by atoms with Crippen molar-refractivity contribution in [2.75, 3.05) is 27.2 Å². The van der Waals surface area contributed by atoms with Crippen LogP contribution < -0.4 is 5.32 Å². The van der Waals surface area contributed by atoms with E-state index in [9.17, 15) is 14.4 Å². The van der Waals surface area contributed by atoms with Crippen LogP contribution in [0.3, 0.4) is 0 Å². The highest BCUT2D eigenvalue weighted by Gasteiger charge is 2.35. The number of likely N-dealkylation sites (N-methyl/N-ethyl adjacent to an activating group) is 1. The minimum absolute atomic E-state index is 0.212. The number of aliphatic carboxylic acids is 2. The summed E-state index contributed by atoms with van der Waals surface area (Å²) in [6.45, 7) is 3.04. The summed E-state index contributed by atoms with van der Waals surface area (Å²) in [5.74, 6) is -2.34. The standard InChI is InChI=1S/C12H21N3O5/c1-7-5-15(6-9(7)14(2)3)12(20)13-8(11(18)19)4-10(16)17/h7-9H,4-6H2,1-3H3,(H,13,20)(H,16,17)(H,18,19)/t7?,8-,9?/m0/s1. The molecule has 1 aliphatic rings. The lowest BCUT2D eigenvalue weighted by Gasteiger charge is -2.23. The van der Waals surface area contributed by atoms with Crippen LogP contribution in [0.4, 0.5) is 4.79 Å². The third-order valence-electron chi connectivity index (χ3n) is 3.50. The fourth-order valence-corrected chi connectivity index (χ4v) is 2.40. The van der Waals surface area contributed by atoms with Gasteiger partial charge in [0.15, 0.2) is 0 Å². The van der Waals surface area contributed by atoms with Gasteiger partial charge in [0.2, 0.25) is 0 Å². The second-order valence-electron chi connectivity index (χ2n) is 5.35. The molecule has 0 aromatic rings. The largest absolute Gasteiger partial charge is 0.481 e. The predicted octanol–water partition coefficient (Wildman–Crippen LogP) is -0.494. The number of likely N-dealkylation sites (tertiary alicyclic amines) is 1. The molecule has 3 N–H and O–H groups in total. The molecular formula is C12H21N3O5.